The van der Waals surface area contributed by atoms with E-state index in [1.54, 1.807) is 0 Å². The lowest BCUT2D eigenvalue weighted by Crippen LogP contribution is -2.47. The largest absolute Gasteiger partial charge is 0.756 e. The Morgan fingerprint density at radius 1 is 0.456 bits per heavy atom. The number of carbonyl (C=O) groups excluding carboxylic acids is 2. The highest BCUT2D eigenvalue weighted by atomic mass is 31.2. The van der Waals surface area contributed by atoms with E-state index in [9.17, 15) is 19.0 Å². The first-order valence-electron chi connectivity index (χ1n) is 33.2. The van der Waals surface area contributed by atoms with Crippen LogP contribution in [0.15, 0.2) is 72.9 Å². The number of ether oxygens (including phenoxy) is 1. The molecule has 0 saturated carbocycles. The van der Waals surface area contributed by atoms with E-state index in [2.05, 4.69) is 86.8 Å². The number of phosphoric ester groups is 1. The Bertz CT molecular complexity index is 1580. The predicted octanol–water partition coefficient (Wildman–Crippen LogP) is 20.2. The molecule has 79 heavy (non-hydrogen) atoms. The van der Waals surface area contributed by atoms with Gasteiger partial charge in [0.2, 0.25) is 5.91 Å². The fourth-order valence-corrected chi connectivity index (χ4v) is 10.3. The topological polar surface area (TPSA) is 114 Å². The standard InChI is InChI=1S/C69H127N2O7P/c1-7-10-13-16-19-22-25-27-29-30-31-32-33-34-35-36-37-38-39-40-42-44-47-50-53-56-59-62-69(73)78-67(60-57-54-51-48-45-24-21-18-15-12-9-3)66(65-77-79(74,75)76-64-63-71(4,5)6)70-68(72)61-58-55-52-49-46-43-41-28-26-23-20-17-14-11-8-2/h10,13,19,22,27,29,31-32,34-35,57,60,66-67H,7-9,11-12,14-18,20-21,23-26,28,30,33,36-56,58-59,61-65H2,1-6H3,(H-,70,72,74,75)/b13-10-,22-19-,29-27-,32-31-,35-34-,60-57-. The number of carbonyl (C=O) groups is 2. The van der Waals surface area contributed by atoms with Crippen LogP contribution in [-0.2, 0) is 27.9 Å². The lowest BCUT2D eigenvalue weighted by atomic mass is 10.0. The molecule has 0 bridgehead atoms. The van der Waals surface area contributed by atoms with Gasteiger partial charge in [0.05, 0.1) is 33.8 Å². The Kier molecular flexibility index (Phi) is 56.7. The Labute approximate surface area is 489 Å². The molecule has 0 radical (unpaired) electrons. The summed E-state index contributed by atoms with van der Waals surface area (Å²) in [6.07, 6.45) is 75.9. The lowest BCUT2D eigenvalue weighted by Gasteiger charge is -2.30. The Hall–Kier alpha value is -2.55. The van der Waals surface area contributed by atoms with Crippen molar-refractivity contribution < 1.29 is 37.3 Å². The molecule has 1 amide bonds. The van der Waals surface area contributed by atoms with E-state index in [0.29, 0.717) is 17.4 Å². The number of nitrogens with zero attached hydrogens (tertiary/aromatic N) is 1. The molecule has 9 nitrogen and oxygen atoms in total. The van der Waals surface area contributed by atoms with Gasteiger partial charge < -0.3 is 28.5 Å². The SMILES string of the molecule is CC/C=C\C/C=C\C/C=C\C/C=C\C/C=C\CCCCCCCCCCCCCC(=O)OC(/C=C\CCCCCCCCCCC)C(COP(=O)([O-])OCC[N+](C)(C)C)NC(=O)CCCCCCCCCCCCCCCCC. The highest BCUT2D eigenvalue weighted by Crippen LogP contribution is 2.38. The summed E-state index contributed by atoms with van der Waals surface area (Å²) in [5.74, 6) is -0.536. The van der Waals surface area contributed by atoms with Gasteiger partial charge in [-0.3, -0.25) is 14.2 Å². The Morgan fingerprint density at radius 2 is 0.810 bits per heavy atom. The second-order valence-corrected chi connectivity index (χ2v) is 25.0. The van der Waals surface area contributed by atoms with E-state index in [1.165, 1.54) is 180 Å². The molecular weight excluding hydrogens is 1000 g/mol. The summed E-state index contributed by atoms with van der Waals surface area (Å²) in [6.45, 7) is 6.75. The summed E-state index contributed by atoms with van der Waals surface area (Å²) in [4.78, 5) is 40.0. The van der Waals surface area contributed by atoms with Crippen LogP contribution in [0.3, 0.4) is 0 Å². The molecule has 0 aromatic carbocycles. The van der Waals surface area contributed by atoms with E-state index in [0.717, 1.165) is 89.9 Å². The van der Waals surface area contributed by atoms with Crippen LogP contribution in [0.5, 0.6) is 0 Å². The molecule has 3 atom stereocenters. The number of amides is 1. The maximum Gasteiger partial charge on any atom is 0.306 e. The third-order valence-electron chi connectivity index (χ3n) is 14.7. The molecule has 0 saturated heterocycles. The average molecular weight is 1130 g/mol. The van der Waals surface area contributed by atoms with Crippen molar-refractivity contribution in [1.82, 2.24) is 5.32 Å². The van der Waals surface area contributed by atoms with Crippen molar-refractivity contribution in [1.29, 1.82) is 0 Å². The number of likely N-dealkylation sites (N-methyl/N-ethyl adjacent to an activating group) is 1. The van der Waals surface area contributed by atoms with Crippen molar-refractivity contribution in [3.63, 3.8) is 0 Å². The van der Waals surface area contributed by atoms with Crippen LogP contribution in [0.4, 0.5) is 0 Å². The maximum absolute atomic E-state index is 13.5. The fourth-order valence-electron chi connectivity index (χ4n) is 9.55. The van der Waals surface area contributed by atoms with Gasteiger partial charge in [-0.1, -0.05) is 287 Å². The number of rotatable bonds is 60. The number of unbranched alkanes of at least 4 members (excludes halogenated alkanes) is 34. The van der Waals surface area contributed by atoms with Gasteiger partial charge in [-0.05, 0) is 76.7 Å². The van der Waals surface area contributed by atoms with Gasteiger partial charge in [-0.15, -0.1) is 0 Å². The molecule has 3 unspecified atom stereocenters. The molecule has 0 aliphatic rings. The lowest BCUT2D eigenvalue weighted by molar-refractivity contribution is -0.870. The number of nitrogens with one attached hydrogen (secondary N) is 1. The normalized spacial score (nSPS) is 14.1. The van der Waals surface area contributed by atoms with Gasteiger partial charge in [0.25, 0.3) is 7.82 Å². The number of phosphoric acid groups is 1. The van der Waals surface area contributed by atoms with Gasteiger partial charge >= 0.3 is 5.97 Å². The molecule has 0 aromatic rings. The van der Waals surface area contributed by atoms with Gasteiger partial charge in [0.15, 0.2) is 0 Å². The van der Waals surface area contributed by atoms with E-state index in [1.807, 2.05) is 33.3 Å². The zero-order valence-corrected chi connectivity index (χ0v) is 53.5. The predicted molar refractivity (Wildman–Crippen MR) is 339 cm³/mol. The van der Waals surface area contributed by atoms with Crippen molar-refractivity contribution >= 4 is 19.7 Å². The second-order valence-electron chi connectivity index (χ2n) is 23.6. The molecule has 0 heterocycles. The number of allylic oxidation sites excluding steroid dienone is 11. The molecule has 0 aliphatic carbocycles. The van der Waals surface area contributed by atoms with Crippen LogP contribution in [0.25, 0.3) is 0 Å². The first-order chi connectivity index (χ1) is 38.4. The van der Waals surface area contributed by atoms with Crippen LogP contribution in [0.1, 0.15) is 303 Å². The molecule has 1 N–H and O–H groups in total. The van der Waals surface area contributed by atoms with Crippen molar-refractivity contribution in [2.24, 2.45) is 0 Å². The zero-order valence-electron chi connectivity index (χ0n) is 52.6. The monoisotopic (exact) mass is 1130 g/mol. The minimum Gasteiger partial charge on any atom is -0.756 e. The fraction of sp³-hybridized carbons (Fsp3) is 0.797. The molecular formula is C69H127N2O7P. The van der Waals surface area contributed by atoms with Crippen molar-refractivity contribution in [2.45, 2.75) is 315 Å². The van der Waals surface area contributed by atoms with Gasteiger partial charge in [0, 0.05) is 12.8 Å². The first-order valence-corrected chi connectivity index (χ1v) is 34.7. The van der Waals surface area contributed by atoms with E-state index < -0.39 is 20.0 Å². The first kappa shape index (κ1) is 76.5. The Balaban J connectivity index is 5.03. The summed E-state index contributed by atoms with van der Waals surface area (Å²) in [5.41, 5.74) is 0. The van der Waals surface area contributed by atoms with Crippen LogP contribution >= 0.6 is 7.82 Å². The van der Waals surface area contributed by atoms with Gasteiger partial charge in [0.1, 0.15) is 19.3 Å². The maximum atomic E-state index is 13.5. The highest BCUT2D eigenvalue weighted by Gasteiger charge is 2.27. The molecule has 10 heteroatoms. The van der Waals surface area contributed by atoms with Gasteiger partial charge in [-0.2, -0.15) is 0 Å². The zero-order chi connectivity index (χ0) is 57.9. The van der Waals surface area contributed by atoms with E-state index in [4.69, 9.17) is 13.8 Å². The van der Waals surface area contributed by atoms with Crippen molar-refractivity contribution in [3.8, 4) is 0 Å². The number of esters is 1. The third kappa shape index (κ3) is 59.9. The number of quaternary nitrogens is 1. The number of hydrogen-bond donors (Lipinski definition) is 1. The smallest absolute Gasteiger partial charge is 0.306 e. The molecule has 0 aliphatic heterocycles. The molecule has 0 fully saturated rings. The molecule has 0 aromatic heterocycles. The summed E-state index contributed by atoms with van der Waals surface area (Å²) >= 11 is 0. The molecule has 0 spiro atoms. The minimum atomic E-state index is -4.70. The van der Waals surface area contributed by atoms with Crippen molar-refractivity contribution in [2.75, 3.05) is 40.9 Å². The van der Waals surface area contributed by atoms with Crippen molar-refractivity contribution in [3.05, 3.63) is 72.9 Å². The van der Waals surface area contributed by atoms with Crippen LogP contribution in [0.2, 0.25) is 0 Å². The van der Waals surface area contributed by atoms with Gasteiger partial charge in [-0.25, -0.2) is 0 Å². The van der Waals surface area contributed by atoms with Crippen LogP contribution < -0.4 is 10.2 Å². The molecule has 0 rings (SSSR count). The van der Waals surface area contributed by atoms with Crippen LogP contribution in [0, 0.1) is 0 Å². The Morgan fingerprint density at radius 3 is 1.22 bits per heavy atom. The summed E-state index contributed by atoms with van der Waals surface area (Å²) in [7, 11) is 1.19. The van der Waals surface area contributed by atoms with Crippen LogP contribution in [-0.4, -0.2) is 69.4 Å². The van der Waals surface area contributed by atoms with E-state index >= 15 is 0 Å². The quantitative estimate of drug-likeness (QED) is 0.0212. The van der Waals surface area contributed by atoms with E-state index in [-0.39, 0.29) is 31.5 Å². The minimum absolute atomic E-state index is 0.0228. The number of hydrogen-bond acceptors (Lipinski definition) is 7. The molecule has 460 valence electrons. The highest BCUT2D eigenvalue weighted by molar-refractivity contribution is 7.45. The second kappa shape index (κ2) is 58.6. The summed E-state index contributed by atoms with van der Waals surface area (Å²) < 4.78 is 30.3. The summed E-state index contributed by atoms with van der Waals surface area (Å²) in [5, 5.41) is 3.03. The summed E-state index contributed by atoms with van der Waals surface area (Å²) in [6, 6.07) is -0.889. The third-order valence-corrected chi connectivity index (χ3v) is 15.6. The average Bonchev–Trinajstić information content (AvgIpc) is 3.41.